The Hall–Kier alpha value is 0.118. The Balaban J connectivity index is 0. The number of likely N-dealkylation sites (N-methyl/N-ethyl adjacent to an activating group) is 1. The van der Waals surface area contributed by atoms with Gasteiger partial charge < -0.3 is 0 Å². The van der Waals surface area contributed by atoms with E-state index in [4.69, 9.17) is 4.74 Å². The average molecular weight is 314 g/mol. The SMILES string of the molecule is CN(C)CCOc1cccc([AsH2])c1.Cl.Cl. The van der Waals surface area contributed by atoms with Crippen molar-refractivity contribution >= 4 is 46.0 Å². The van der Waals surface area contributed by atoms with E-state index in [2.05, 4.69) is 17.0 Å². The minimum Gasteiger partial charge on any atom is -0.147 e. The van der Waals surface area contributed by atoms with Gasteiger partial charge in [-0.3, -0.25) is 0 Å². The Morgan fingerprint density at radius 2 is 1.93 bits per heavy atom. The van der Waals surface area contributed by atoms with Crippen LogP contribution in [0.25, 0.3) is 0 Å². The quantitative estimate of drug-likeness (QED) is 0.760. The van der Waals surface area contributed by atoms with Crippen molar-refractivity contribution in [2.75, 3.05) is 27.2 Å². The van der Waals surface area contributed by atoms with Crippen LogP contribution in [-0.4, -0.2) is 49.0 Å². The number of ether oxygens (including phenoxy) is 1. The fraction of sp³-hybridized carbons (Fsp3) is 0.400. The molecule has 88 valence electrons. The summed E-state index contributed by atoms with van der Waals surface area (Å²) >= 11 is 1.63. The molecule has 1 aromatic carbocycles. The summed E-state index contributed by atoms with van der Waals surface area (Å²) in [5.74, 6) is 0.976. The van der Waals surface area contributed by atoms with E-state index in [0.29, 0.717) is 0 Å². The Morgan fingerprint density at radius 3 is 2.47 bits per heavy atom. The first-order chi connectivity index (χ1) is 6.18. The molecule has 0 spiro atoms. The molecule has 0 fully saturated rings. The first-order valence-electron chi connectivity index (χ1n) is 4.31. The van der Waals surface area contributed by atoms with E-state index >= 15 is 0 Å². The third-order valence-electron chi connectivity index (χ3n) is 1.67. The molecule has 15 heavy (non-hydrogen) atoms. The van der Waals surface area contributed by atoms with Crippen molar-refractivity contribution in [2.24, 2.45) is 0 Å². The molecule has 5 heteroatoms. The second kappa shape index (κ2) is 9.35. The summed E-state index contributed by atoms with van der Waals surface area (Å²) in [6.45, 7) is 1.71. The van der Waals surface area contributed by atoms with Crippen LogP contribution in [0.3, 0.4) is 0 Å². The van der Waals surface area contributed by atoms with Crippen LogP contribution in [0, 0.1) is 0 Å². The number of hydrogen-bond acceptors (Lipinski definition) is 2. The van der Waals surface area contributed by atoms with Gasteiger partial charge in [0.25, 0.3) is 0 Å². The summed E-state index contributed by atoms with van der Waals surface area (Å²) < 4.78 is 6.87. The number of nitrogens with zero attached hydrogens (tertiary/aromatic N) is 1. The molecule has 0 saturated heterocycles. The largest absolute Gasteiger partial charge is 0.147 e. The molecule has 0 bridgehead atoms. The summed E-state index contributed by atoms with van der Waals surface area (Å²) in [5, 5.41) is 0. The molecule has 2 nitrogen and oxygen atoms in total. The van der Waals surface area contributed by atoms with Gasteiger partial charge in [-0.15, -0.1) is 24.8 Å². The maximum absolute atomic E-state index is 5.57. The van der Waals surface area contributed by atoms with Gasteiger partial charge in [-0.1, -0.05) is 0 Å². The molecule has 0 aliphatic heterocycles. The van der Waals surface area contributed by atoms with E-state index < -0.39 is 0 Å². The second-order valence-electron chi connectivity index (χ2n) is 3.22. The first-order valence-corrected chi connectivity index (χ1v) is 5.52. The average Bonchev–Trinajstić information content (AvgIpc) is 2.03. The van der Waals surface area contributed by atoms with Crippen LogP contribution >= 0.6 is 24.8 Å². The number of rotatable bonds is 4. The normalized spacial score (nSPS) is 9.07. The minimum absolute atomic E-state index is 0. The molecular weight excluding hydrogens is 296 g/mol. The van der Waals surface area contributed by atoms with Crippen LogP contribution in [0.2, 0.25) is 0 Å². The van der Waals surface area contributed by atoms with Gasteiger partial charge in [0.05, 0.1) is 0 Å². The van der Waals surface area contributed by atoms with E-state index in [1.165, 1.54) is 4.35 Å². The van der Waals surface area contributed by atoms with Crippen LogP contribution in [0.1, 0.15) is 0 Å². The van der Waals surface area contributed by atoms with Crippen molar-refractivity contribution in [1.29, 1.82) is 0 Å². The van der Waals surface area contributed by atoms with Crippen molar-refractivity contribution in [1.82, 2.24) is 4.90 Å². The fourth-order valence-corrected chi connectivity index (χ4v) is 1.53. The molecule has 1 aromatic rings. The zero-order chi connectivity index (χ0) is 9.68. The Bertz CT molecular complexity index is 271. The van der Waals surface area contributed by atoms with E-state index in [9.17, 15) is 0 Å². The summed E-state index contributed by atoms with van der Waals surface area (Å²) in [6.07, 6.45) is 0. The van der Waals surface area contributed by atoms with Gasteiger partial charge in [-0.2, -0.15) is 0 Å². The number of halogens is 2. The van der Waals surface area contributed by atoms with Gasteiger partial charge in [-0.05, 0) is 0 Å². The molecular formula is C10H18AsCl2NO. The molecule has 1 rings (SSSR count). The summed E-state index contributed by atoms with van der Waals surface area (Å²) in [5.41, 5.74) is 0. The second-order valence-corrected chi connectivity index (χ2v) is 4.62. The van der Waals surface area contributed by atoms with Crippen molar-refractivity contribution in [3.05, 3.63) is 24.3 Å². The molecule has 0 aliphatic rings. The van der Waals surface area contributed by atoms with Gasteiger partial charge in [0.2, 0.25) is 0 Å². The topological polar surface area (TPSA) is 12.5 Å². The van der Waals surface area contributed by atoms with E-state index in [0.717, 1.165) is 18.9 Å². The monoisotopic (exact) mass is 313 g/mol. The van der Waals surface area contributed by atoms with E-state index in [-0.39, 0.29) is 24.8 Å². The maximum atomic E-state index is 5.57. The molecule has 0 aromatic heterocycles. The van der Waals surface area contributed by atoms with Crippen molar-refractivity contribution in [3.8, 4) is 5.75 Å². The Kier molecular flexibility index (Phi) is 10.9. The van der Waals surface area contributed by atoms with Crippen molar-refractivity contribution in [2.45, 2.75) is 0 Å². The first kappa shape index (κ1) is 17.5. The fourth-order valence-electron chi connectivity index (χ4n) is 0.950. The zero-order valence-electron chi connectivity index (χ0n) is 8.97. The van der Waals surface area contributed by atoms with Crippen LogP contribution < -0.4 is 9.09 Å². The van der Waals surface area contributed by atoms with E-state index in [1.54, 1.807) is 16.9 Å². The van der Waals surface area contributed by atoms with Gasteiger partial charge >= 0.3 is 88.1 Å². The van der Waals surface area contributed by atoms with Gasteiger partial charge in [0.15, 0.2) is 0 Å². The van der Waals surface area contributed by atoms with Crippen molar-refractivity contribution < 1.29 is 4.74 Å². The third kappa shape index (κ3) is 7.98. The summed E-state index contributed by atoms with van der Waals surface area (Å²) in [4.78, 5) is 2.11. The molecule has 0 aliphatic carbocycles. The van der Waals surface area contributed by atoms with Crippen LogP contribution in [0.15, 0.2) is 24.3 Å². The number of hydrogen-bond donors (Lipinski definition) is 0. The van der Waals surface area contributed by atoms with E-state index in [1.807, 2.05) is 26.2 Å². The maximum Gasteiger partial charge on any atom is -0.147 e. The predicted octanol–water partition coefficient (Wildman–Crippen LogP) is 0.729. The standard InChI is InChI=1S/C10H16AsNO.2ClH/c1-12(2)6-7-13-10-5-3-4-9(11)8-10;;/h3-5,8H,6-7,11H2,1-2H3;2*1H. The van der Waals surface area contributed by atoms with Crippen molar-refractivity contribution in [3.63, 3.8) is 0 Å². The predicted molar refractivity (Wildman–Crippen MR) is 73.2 cm³/mol. The molecule has 1 atom stereocenters. The van der Waals surface area contributed by atoms with Crippen LogP contribution in [0.4, 0.5) is 0 Å². The smallest absolute Gasteiger partial charge is 0.147 e. The minimum atomic E-state index is 0. The van der Waals surface area contributed by atoms with Gasteiger partial charge in [0, 0.05) is 0 Å². The third-order valence-corrected chi connectivity index (χ3v) is 2.42. The molecule has 0 radical (unpaired) electrons. The zero-order valence-corrected chi connectivity index (χ0v) is 13.0. The molecule has 0 saturated carbocycles. The molecule has 0 heterocycles. The Labute approximate surface area is 113 Å². The summed E-state index contributed by atoms with van der Waals surface area (Å²) in [7, 11) is 4.09. The van der Waals surface area contributed by atoms with Gasteiger partial charge in [0.1, 0.15) is 0 Å². The molecule has 0 amide bonds. The molecule has 1 unspecified atom stereocenters. The summed E-state index contributed by atoms with van der Waals surface area (Å²) in [6, 6.07) is 8.20. The molecule has 0 N–H and O–H groups in total. The van der Waals surface area contributed by atoms with Crippen LogP contribution in [0.5, 0.6) is 5.75 Å². The Morgan fingerprint density at radius 1 is 1.27 bits per heavy atom. The van der Waals surface area contributed by atoms with Gasteiger partial charge in [-0.25, -0.2) is 0 Å². The number of benzene rings is 1. The van der Waals surface area contributed by atoms with Crippen LogP contribution in [-0.2, 0) is 0 Å².